The lowest BCUT2D eigenvalue weighted by Gasteiger charge is -2.26. The Labute approximate surface area is 76.9 Å². The molecule has 4 nitrogen and oxygen atoms in total. The van der Waals surface area contributed by atoms with Gasteiger partial charge < -0.3 is 9.84 Å². The molecule has 1 unspecified atom stereocenters. The maximum Gasteiger partial charge on any atom is 0.321 e. The van der Waals surface area contributed by atoms with Crippen molar-refractivity contribution in [3.8, 4) is 0 Å². The molecule has 0 radical (unpaired) electrons. The molecule has 1 rings (SSSR count). The van der Waals surface area contributed by atoms with E-state index < -0.39 is 23.5 Å². The predicted octanol–water partition coefficient (Wildman–Crippen LogP) is 1.05. The number of hydrogen-bond acceptors (Lipinski definition) is 3. The Morgan fingerprint density at radius 1 is 1.69 bits per heavy atom. The first-order valence-electron chi connectivity index (χ1n) is 4.32. The molecule has 4 heteroatoms. The van der Waals surface area contributed by atoms with Gasteiger partial charge in [-0.3, -0.25) is 9.59 Å². The highest BCUT2D eigenvalue weighted by atomic mass is 16.6. The number of esters is 1. The largest absolute Gasteiger partial charge is 0.481 e. The third-order valence-electron chi connectivity index (χ3n) is 2.75. The van der Waals surface area contributed by atoms with Gasteiger partial charge in [-0.25, -0.2) is 0 Å². The minimum Gasteiger partial charge on any atom is -0.481 e. The zero-order valence-electron chi connectivity index (χ0n) is 8.03. The fourth-order valence-corrected chi connectivity index (χ4v) is 1.37. The Hall–Kier alpha value is -1.06. The van der Waals surface area contributed by atoms with E-state index in [1.54, 1.807) is 6.92 Å². The van der Waals surface area contributed by atoms with E-state index in [0.717, 1.165) is 0 Å². The van der Waals surface area contributed by atoms with Crippen molar-refractivity contribution < 1.29 is 19.4 Å². The van der Waals surface area contributed by atoms with Gasteiger partial charge in [0, 0.05) is 6.42 Å². The Morgan fingerprint density at radius 3 is 2.46 bits per heavy atom. The van der Waals surface area contributed by atoms with Crippen LogP contribution < -0.4 is 0 Å². The van der Waals surface area contributed by atoms with Crippen molar-refractivity contribution in [1.29, 1.82) is 0 Å². The number of carboxylic acid groups (broad SMARTS) is 1. The molecule has 74 valence electrons. The summed E-state index contributed by atoms with van der Waals surface area (Å²) in [6.07, 6.45) is 0.277. The fraction of sp³-hybridized carbons (Fsp3) is 0.778. The van der Waals surface area contributed by atoms with Gasteiger partial charge in [0.15, 0.2) is 5.92 Å². The first-order chi connectivity index (χ1) is 5.87. The zero-order chi connectivity index (χ0) is 10.2. The van der Waals surface area contributed by atoms with Gasteiger partial charge in [-0.15, -0.1) is 0 Å². The van der Waals surface area contributed by atoms with Crippen LogP contribution in [-0.4, -0.2) is 22.6 Å². The quantitative estimate of drug-likeness (QED) is 0.517. The molecule has 1 aliphatic heterocycles. The van der Waals surface area contributed by atoms with Crippen LogP contribution in [0.3, 0.4) is 0 Å². The van der Waals surface area contributed by atoms with Crippen molar-refractivity contribution in [1.82, 2.24) is 0 Å². The third-order valence-corrected chi connectivity index (χ3v) is 2.75. The molecule has 0 aromatic rings. The molecule has 2 atom stereocenters. The van der Waals surface area contributed by atoms with Crippen LogP contribution in [0.1, 0.15) is 27.2 Å². The summed E-state index contributed by atoms with van der Waals surface area (Å²) >= 11 is 0. The van der Waals surface area contributed by atoms with Crippen LogP contribution >= 0.6 is 0 Å². The van der Waals surface area contributed by atoms with Gasteiger partial charge in [-0.05, 0) is 12.8 Å². The summed E-state index contributed by atoms with van der Waals surface area (Å²) < 4.78 is 5.06. The Morgan fingerprint density at radius 2 is 2.23 bits per heavy atom. The Kier molecular flexibility index (Phi) is 2.32. The van der Waals surface area contributed by atoms with E-state index in [4.69, 9.17) is 9.84 Å². The number of ether oxygens (including phenoxy) is 1. The van der Waals surface area contributed by atoms with Crippen LogP contribution in [0.5, 0.6) is 0 Å². The van der Waals surface area contributed by atoms with Crippen LogP contribution in [-0.2, 0) is 14.3 Å². The van der Waals surface area contributed by atoms with E-state index in [1.807, 2.05) is 13.8 Å². The lowest BCUT2D eigenvalue weighted by molar-refractivity contribution is -0.156. The minimum absolute atomic E-state index is 0.140. The molecule has 1 heterocycles. The van der Waals surface area contributed by atoms with Crippen molar-refractivity contribution in [2.24, 2.45) is 11.8 Å². The van der Waals surface area contributed by atoms with E-state index in [1.165, 1.54) is 0 Å². The van der Waals surface area contributed by atoms with Crippen LogP contribution in [0, 0.1) is 11.8 Å². The highest BCUT2D eigenvalue weighted by Gasteiger charge is 2.48. The molecular weight excluding hydrogens is 172 g/mol. The van der Waals surface area contributed by atoms with Gasteiger partial charge in [-0.1, -0.05) is 13.8 Å². The van der Waals surface area contributed by atoms with Gasteiger partial charge in [0.2, 0.25) is 0 Å². The third kappa shape index (κ3) is 1.66. The summed E-state index contributed by atoms with van der Waals surface area (Å²) in [6, 6.07) is 0. The molecule has 13 heavy (non-hydrogen) atoms. The highest BCUT2D eigenvalue weighted by Crippen LogP contribution is 2.36. The molecule has 0 aromatic heterocycles. The van der Waals surface area contributed by atoms with Gasteiger partial charge in [0.1, 0.15) is 5.60 Å². The smallest absolute Gasteiger partial charge is 0.321 e. The average Bonchev–Trinajstić information content (AvgIpc) is 2.28. The monoisotopic (exact) mass is 186 g/mol. The van der Waals surface area contributed by atoms with Gasteiger partial charge >= 0.3 is 11.9 Å². The average molecular weight is 186 g/mol. The second kappa shape index (κ2) is 3.01. The van der Waals surface area contributed by atoms with E-state index >= 15 is 0 Å². The molecular formula is C9H14O4. The summed E-state index contributed by atoms with van der Waals surface area (Å²) in [4.78, 5) is 21.8. The van der Waals surface area contributed by atoms with Crippen molar-refractivity contribution >= 4 is 11.9 Å². The SMILES string of the molecule is CC(C)[C@@]1(C)CC(C(=O)O)C(=O)O1. The number of carbonyl (C=O) groups is 2. The lowest BCUT2D eigenvalue weighted by atomic mass is 9.86. The first kappa shape index (κ1) is 10.0. The van der Waals surface area contributed by atoms with Crippen molar-refractivity contribution in [2.75, 3.05) is 0 Å². The number of carboxylic acids is 1. The van der Waals surface area contributed by atoms with E-state index in [-0.39, 0.29) is 12.3 Å². The zero-order valence-corrected chi connectivity index (χ0v) is 8.03. The summed E-state index contributed by atoms with van der Waals surface area (Å²) in [5.41, 5.74) is -0.611. The predicted molar refractivity (Wildman–Crippen MR) is 45.1 cm³/mol. The minimum atomic E-state index is -1.09. The molecule has 1 saturated heterocycles. The Balaban J connectivity index is 2.81. The molecule has 1 fully saturated rings. The van der Waals surface area contributed by atoms with Crippen molar-refractivity contribution in [3.05, 3.63) is 0 Å². The standard InChI is InChI=1S/C9H14O4/c1-5(2)9(3)4-6(7(10)11)8(12)13-9/h5-6H,4H2,1-3H3,(H,10,11)/t6?,9-/m1/s1. The molecule has 0 amide bonds. The van der Waals surface area contributed by atoms with Crippen LogP contribution in [0.2, 0.25) is 0 Å². The second-order valence-corrected chi connectivity index (χ2v) is 3.98. The fourth-order valence-electron chi connectivity index (χ4n) is 1.37. The molecule has 1 aliphatic rings. The summed E-state index contributed by atoms with van der Waals surface area (Å²) in [5, 5.41) is 8.70. The number of cyclic esters (lactones) is 1. The summed E-state index contributed by atoms with van der Waals surface area (Å²) in [5.74, 6) is -2.54. The van der Waals surface area contributed by atoms with Crippen molar-refractivity contribution in [3.63, 3.8) is 0 Å². The number of rotatable bonds is 2. The van der Waals surface area contributed by atoms with Crippen LogP contribution in [0.15, 0.2) is 0 Å². The second-order valence-electron chi connectivity index (χ2n) is 3.98. The molecule has 0 aromatic carbocycles. The van der Waals surface area contributed by atoms with E-state index in [0.29, 0.717) is 0 Å². The van der Waals surface area contributed by atoms with E-state index in [2.05, 4.69) is 0 Å². The maximum atomic E-state index is 11.1. The topological polar surface area (TPSA) is 63.6 Å². The Bertz CT molecular complexity index is 246. The normalized spacial score (nSPS) is 33.5. The number of carbonyl (C=O) groups excluding carboxylic acids is 1. The maximum absolute atomic E-state index is 11.1. The number of hydrogen-bond donors (Lipinski definition) is 1. The van der Waals surface area contributed by atoms with Crippen LogP contribution in [0.25, 0.3) is 0 Å². The van der Waals surface area contributed by atoms with Gasteiger partial charge in [0.25, 0.3) is 0 Å². The molecule has 0 bridgehead atoms. The van der Waals surface area contributed by atoms with Gasteiger partial charge in [-0.2, -0.15) is 0 Å². The molecule has 0 aliphatic carbocycles. The van der Waals surface area contributed by atoms with E-state index in [9.17, 15) is 9.59 Å². The molecule has 0 spiro atoms. The summed E-state index contributed by atoms with van der Waals surface area (Å²) in [7, 11) is 0. The van der Waals surface area contributed by atoms with Crippen LogP contribution in [0.4, 0.5) is 0 Å². The van der Waals surface area contributed by atoms with Gasteiger partial charge in [0.05, 0.1) is 0 Å². The molecule has 0 saturated carbocycles. The van der Waals surface area contributed by atoms with Crippen molar-refractivity contribution in [2.45, 2.75) is 32.8 Å². The summed E-state index contributed by atoms with van der Waals surface area (Å²) in [6.45, 7) is 5.60. The highest BCUT2D eigenvalue weighted by molar-refractivity contribution is 5.95. The molecule has 1 N–H and O–H groups in total. The lowest BCUT2D eigenvalue weighted by Crippen LogP contribution is -2.30. The first-order valence-corrected chi connectivity index (χ1v) is 4.32. The number of aliphatic carboxylic acids is 1.